The standard InChI is InChI=1S/C25H22ClFN4O2/c1-16(2)33-25-29-23(18-9-6-10-19(27)15-18)31(30-25)21-13-11-20(12-14-21)28-24(32)22(26)17-7-4-3-5-8-17/h3-16,22H,1-2H3,(H,28,32). The summed E-state index contributed by atoms with van der Waals surface area (Å²) in [6.07, 6.45) is -0.119. The third-order valence-electron chi connectivity index (χ3n) is 4.71. The van der Waals surface area contributed by atoms with Crippen LogP contribution in [-0.4, -0.2) is 26.8 Å². The van der Waals surface area contributed by atoms with Crippen LogP contribution in [0, 0.1) is 5.82 Å². The molecule has 1 heterocycles. The number of benzene rings is 3. The summed E-state index contributed by atoms with van der Waals surface area (Å²) >= 11 is 6.30. The molecular weight excluding hydrogens is 443 g/mol. The van der Waals surface area contributed by atoms with Crippen LogP contribution in [0.1, 0.15) is 24.8 Å². The van der Waals surface area contributed by atoms with Crippen molar-refractivity contribution in [2.24, 2.45) is 0 Å². The Bertz CT molecular complexity index is 1240. The maximum atomic E-state index is 13.8. The van der Waals surface area contributed by atoms with Crippen molar-refractivity contribution < 1.29 is 13.9 Å². The van der Waals surface area contributed by atoms with E-state index in [4.69, 9.17) is 16.3 Å². The summed E-state index contributed by atoms with van der Waals surface area (Å²) in [5, 5.41) is 6.44. The second-order valence-electron chi connectivity index (χ2n) is 7.62. The van der Waals surface area contributed by atoms with Gasteiger partial charge in [-0.15, -0.1) is 16.7 Å². The molecule has 0 radical (unpaired) electrons. The van der Waals surface area contributed by atoms with E-state index >= 15 is 0 Å². The highest BCUT2D eigenvalue weighted by Crippen LogP contribution is 2.26. The maximum absolute atomic E-state index is 13.8. The normalized spacial score (nSPS) is 11.9. The van der Waals surface area contributed by atoms with Crippen molar-refractivity contribution in [2.45, 2.75) is 25.3 Å². The molecule has 0 aliphatic rings. The molecule has 3 aromatic carbocycles. The van der Waals surface area contributed by atoms with E-state index < -0.39 is 5.38 Å². The number of aromatic nitrogens is 3. The number of carbonyl (C=O) groups is 1. The molecule has 4 aromatic rings. The van der Waals surface area contributed by atoms with Gasteiger partial charge in [0.2, 0.25) is 5.91 Å². The van der Waals surface area contributed by atoms with Crippen LogP contribution in [0.4, 0.5) is 10.1 Å². The Balaban J connectivity index is 1.59. The van der Waals surface area contributed by atoms with Crippen LogP contribution in [0.3, 0.4) is 0 Å². The number of hydrogen-bond acceptors (Lipinski definition) is 4. The fourth-order valence-corrected chi connectivity index (χ4v) is 3.41. The molecule has 1 atom stereocenters. The van der Waals surface area contributed by atoms with Gasteiger partial charge >= 0.3 is 6.01 Å². The molecule has 0 bridgehead atoms. The van der Waals surface area contributed by atoms with Gasteiger partial charge in [-0.1, -0.05) is 42.5 Å². The SMILES string of the molecule is CC(C)Oc1nc(-c2cccc(F)c2)n(-c2ccc(NC(=O)C(Cl)c3ccccc3)cc2)n1. The Morgan fingerprint density at radius 2 is 1.76 bits per heavy atom. The minimum atomic E-state index is -0.809. The number of hydrogen-bond donors (Lipinski definition) is 1. The second kappa shape index (κ2) is 9.83. The predicted octanol–water partition coefficient (Wildman–Crippen LogP) is 5.78. The van der Waals surface area contributed by atoms with Crippen molar-refractivity contribution in [1.82, 2.24) is 14.8 Å². The summed E-state index contributed by atoms with van der Waals surface area (Å²) < 4.78 is 21.0. The molecule has 8 heteroatoms. The molecule has 0 spiro atoms. The second-order valence-corrected chi connectivity index (χ2v) is 8.05. The summed E-state index contributed by atoms with van der Waals surface area (Å²) in [7, 11) is 0. The quantitative estimate of drug-likeness (QED) is 0.352. The lowest BCUT2D eigenvalue weighted by atomic mass is 10.1. The largest absolute Gasteiger partial charge is 0.460 e. The van der Waals surface area contributed by atoms with Crippen LogP contribution < -0.4 is 10.1 Å². The molecule has 1 amide bonds. The van der Waals surface area contributed by atoms with Crippen molar-refractivity contribution >= 4 is 23.2 Å². The number of halogens is 2. The van der Waals surface area contributed by atoms with Gasteiger partial charge in [-0.05, 0) is 55.8 Å². The number of ether oxygens (including phenoxy) is 1. The monoisotopic (exact) mass is 464 g/mol. The van der Waals surface area contributed by atoms with E-state index in [-0.39, 0.29) is 23.8 Å². The summed E-state index contributed by atoms with van der Waals surface area (Å²) in [6, 6.07) is 22.5. The van der Waals surface area contributed by atoms with Crippen LogP contribution in [-0.2, 0) is 4.79 Å². The van der Waals surface area contributed by atoms with E-state index in [1.807, 2.05) is 32.0 Å². The van der Waals surface area contributed by atoms with Gasteiger partial charge < -0.3 is 10.1 Å². The zero-order valence-electron chi connectivity index (χ0n) is 18.1. The number of anilines is 1. The van der Waals surface area contributed by atoms with Crippen molar-refractivity contribution in [2.75, 3.05) is 5.32 Å². The molecule has 0 saturated carbocycles. The molecule has 1 aromatic heterocycles. The Morgan fingerprint density at radius 3 is 2.42 bits per heavy atom. The molecule has 6 nitrogen and oxygen atoms in total. The van der Waals surface area contributed by atoms with E-state index in [2.05, 4.69) is 15.4 Å². The molecule has 1 unspecified atom stereocenters. The van der Waals surface area contributed by atoms with Gasteiger partial charge in [-0.2, -0.15) is 4.98 Å². The van der Waals surface area contributed by atoms with Crippen LogP contribution in [0.25, 0.3) is 17.1 Å². The minimum Gasteiger partial charge on any atom is -0.460 e. The predicted molar refractivity (Wildman–Crippen MR) is 126 cm³/mol. The fraction of sp³-hybridized carbons (Fsp3) is 0.160. The zero-order chi connectivity index (χ0) is 23.4. The molecular formula is C25H22ClFN4O2. The van der Waals surface area contributed by atoms with Gasteiger partial charge in [0.15, 0.2) is 5.82 Å². The molecule has 1 N–H and O–H groups in total. The number of nitrogens with one attached hydrogen (secondary N) is 1. The Labute approximate surface area is 196 Å². The van der Waals surface area contributed by atoms with Crippen LogP contribution in [0.5, 0.6) is 6.01 Å². The van der Waals surface area contributed by atoms with Gasteiger partial charge in [0.05, 0.1) is 11.8 Å². The molecule has 4 rings (SSSR count). The lowest BCUT2D eigenvalue weighted by molar-refractivity contribution is -0.116. The van der Waals surface area contributed by atoms with Gasteiger partial charge in [-0.25, -0.2) is 9.07 Å². The molecule has 0 aliphatic carbocycles. The number of alkyl halides is 1. The summed E-state index contributed by atoms with van der Waals surface area (Å²) in [6.45, 7) is 3.75. The lowest BCUT2D eigenvalue weighted by Crippen LogP contribution is -2.17. The van der Waals surface area contributed by atoms with Gasteiger partial charge in [0.25, 0.3) is 0 Å². The van der Waals surface area contributed by atoms with E-state index in [0.717, 1.165) is 0 Å². The fourth-order valence-electron chi connectivity index (χ4n) is 3.21. The summed E-state index contributed by atoms with van der Waals surface area (Å²) in [5.41, 5.74) is 2.53. The maximum Gasteiger partial charge on any atom is 0.336 e. The number of rotatable bonds is 7. The number of nitrogens with zero attached hydrogens (tertiary/aromatic N) is 3. The van der Waals surface area contributed by atoms with Crippen LogP contribution in [0.2, 0.25) is 0 Å². The molecule has 0 aliphatic heterocycles. The molecule has 33 heavy (non-hydrogen) atoms. The van der Waals surface area contributed by atoms with E-state index in [0.29, 0.717) is 28.3 Å². The Hall–Kier alpha value is -3.71. The van der Waals surface area contributed by atoms with Crippen molar-refractivity contribution in [3.8, 4) is 23.1 Å². The van der Waals surface area contributed by atoms with E-state index in [1.165, 1.54) is 12.1 Å². The highest BCUT2D eigenvalue weighted by molar-refractivity contribution is 6.32. The van der Waals surface area contributed by atoms with Gasteiger partial charge in [0, 0.05) is 11.3 Å². The first-order chi connectivity index (χ1) is 15.9. The molecule has 0 saturated heterocycles. The third-order valence-corrected chi connectivity index (χ3v) is 5.16. The minimum absolute atomic E-state index is 0.119. The summed E-state index contributed by atoms with van der Waals surface area (Å²) in [5.74, 6) is -0.267. The van der Waals surface area contributed by atoms with Gasteiger partial charge in [0.1, 0.15) is 11.2 Å². The Kier molecular flexibility index (Phi) is 6.70. The van der Waals surface area contributed by atoms with Crippen molar-refractivity contribution in [3.63, 3.8) is 0 Å². The highest BCUT2D eigenvalue weighted by atomic mass is 35.5. The van der Waals surface area contributed by atoms with E-state index in [9.17, 15) is 9.18 Å². The number of amides is 1. The third kappa shape index (κ3) is 5.38. The van der Waals surface area contributed by atoms with Crippen LogP contribution >= 0.6 is 11.6 Å². The smallest absolute Gasteiger partial charge is 0.336 e. The average molecular weight is 465 g/mol. The Morgan fingerprint density at radius 1 is 1.03 bits per heavy atom. The molecule has 168 valence electrons. The first-order valence-corrected chi connectivity index (χ1v) is 10.8. The number of carbonyl (C=O) groups excluding carboxylic acids is 1. The highest BCUT2D eigenvalue weighted by Gasteiger charge is 2.19. The van der Waals surface area contributed by atoms with E-state index in [1.54, 1.807) is 53.2 Å². The van der Waals surface area contributed by atoms with Crippen LogP contribution in [0.15, 0.2) is 78.9 Å². The summed E-state index contributed by atoms with van der Waals surface area (Å²) in [4.78, 5) is 17.0. The molecule has 0 fully saturated rings. The first kappa shape index (κ1) is 22.5. The van der Waals surface area contributed by atoms with Crippen molar-refractivity contribution in [1.29, 1.82) is 0 Å². The van der Waals surface area contributed by atoms with Crippen molar-refractivity contribution in [3.05, 3.63) is 90.2 Å². The lowest BCUT2D eigenvalue weighted by Gasteiger charge is -2.12. The topological polar surface area (TPSA) is 69.0 Å². The first-order valence-electron chi connectivity index (χ1n) is 10.4. The zero-order valence-corrected chi connectivity index (χ0v) is 18.8. The average Bonchev–Trinajstić information content (AvgIpc) is 3.22. The van der Waals surface area contributed by atoms with Gasteiger partial charge in [-0.3, -0.25) is 4.79 Å².